The summed E-state index contributed by atoms with van der Waals surface area (Å²) in [6, 6.07) is 7.72. The van der Waals surface area contributed by atoms with Crippen molar-refractivity contribution in [3.63, 3.8) is 0 Å². The molecule has 0 radical (unpaired) electrons. The van der Waals surface area contributed by atoms with Gasteiger partial charge in [-0.2, -0.15) is 18.2 Å². The molecule has 10 heteroatoms. The molecule has 0 bridgehead atoms. The molecule has 1 aliphatic heterocycles. The minimum atomic E-state index is -4.61. The molecular formula is C18H22F3N5O2. The first-order chi connectivity index (χ1) is 13.3. The Morgan fingerprint density at radius 3 is 2.46 bits per heavy atom. The first-order valence-corrected chi connectivity index (χ1v) is 8.88. The second kappa shape index (κ2) is 8.61. The normalized spacial score (nSPS) is 16.0. The number of aliphatic hydroxyl groups excluding tert-OH is 1. The number of benzene rings is 1. The Bertz CT molecular complexity index is 780. The number of anilines is 4. The lowest BCUT2D eigenvalue weighted by Crippen LogP contribution is -2.36. The SMILES string of the molecule is C[C@H](CO)Nc1nc(Nc2ccc(N3CCOCC3)cc2)cc(C(F)(F)F)n1. The largest absolute Gasteiger partial charge is 0.433 e. The van der Waals surface area contributed by atoms with Gasteiger partial charge in [0, 0.05) is 36.6 Å². The summed E-state index contributed by atoms with van der Waals surface area (Å²) in [5, 5.41) is 14.6. The van der Waals surface area contributed by atoms with Gasteiger partial charge in [-0.05, 0) is 31.2 Å². The second-order valence-electron chi connectivity index (χ2n) is 6.46. The topological polar surface area (TPSA) is 82.5 Å². The molecule has 0 saturated carbocycles. The summed E-state index contributed by atoms with van der Waals surface area (Å²) in [6.07, 6.45) is -4.61. The predicted octanol–water partition coefficient (Wildman–Crippen LogP) is 2.87. The lowest BCUT2D eigenvalue weighted by atomic mass is 10.2. The van der Waals surface area contributed by atoms with Gasteiger partial charge >= 0.3 is 6.18 Å². The highest BCUT2D eigenvalue weighted by atomic mass is 19.4. The van der Waals surface area contributed by atoms with Crippen molar-refractivity contribution in [3.8, 4) is 0 Å². The van der Waals surface area contributed by atoms with Crippen LogP contribution in [0.15, 0.2) is 30.3 Å². The standard InChI is InChI=1S/C18H22F3N5O2/c1-12(11-27)22-17-24-15(18(19,20)21)10-16(25-17)23-13-2-4-14(5-3-13)26-6-8-28-9-7-26/h2-5,10,12,27H,6-9,11H2,1H3,(H2,22,23,24,25)/t12-/m1/s1. The zero-order valence-corrected chi connectivity index (χ0v) is 15.3. The fourth-order valence-corrected chi connectivity index (χ4v) is 2.71. The van der Waals surface area contributed by atoms with Crippen LogP contribution in [0, 0.1) is 0 Å². The number of ether oxygens (including phenoxy) is 1. The number of morpholine rings is 1. The number of hydrogen-bond acceptors (Lipinski definition) is 7. The monoisotopic (exact) mass is 397 g/mol. The third-order valence-electron chi connectivity index (χ3n) is 4.18. The lowest BCUT2D eigenvalue weighted by molar-refractivity contribution is -0.141. The number of nitrogens with zero attached hydrogens (tertiary/aromatic N) is 3. The van der Waals surface area contributed by atoms with Crippen molar-refractivity contribution in [1.82, 2.24) is 9.97 Å². The maximum absolute atomic E-state index is 13.2. The number of rotatable bonds is 6. The van der Waals surface area contributed by atoms with E-state index in [0.717, 1.165) is 24.8 Å². The first-order valence-electron chi connectivity index (χ1n) is 8.88. The fourth-order valence-electron chi connectivity index (χ4n) is 2.71. The van der Waals surface area contributed by atoms with Crippen LogP contribution in [0.2, 0.25) is 0 Å². The van der Waals surface area contributed by atoms with E-state index in [1.807, 2.05) is 12.1 Å². The molecule has 1 aromatic carbocycles. The van der Waals surface area contributed by atoms with Crippen molar-refractivity contribution in [1.29, 1.82) is 0 Å². The van der Waals surface area contributed by atoms with Crippen molar-refractivity contribution < 1.29 is 23.0 Å². The zero-order valence-electron chi connectivity index (χ0n) is 15.3. The Balaban J connectivity index is 1.79. The molecule has 0 unspecified atom stereocenters. The molecular weight excluding hydrogens is 375 g/mol. The van der Waals surface area contributed by atoms with Crippen LogP contribution in [0.5, 0.6) is 0 Å². The van der Waals surface area contributed by atoms with Crippen LogP contribution in [0.4, 0.5) is 36.3 Å². The lowest BCUT2D eigenvalue weighted by Gasteiger charge is -2.28. The van der Waals surface area contributed by atoms with Gasteiger partial charge in [0.2, 0.25) is 5.95 Å². The van der Waals surface area contributed by atoms with E-state index >= 15 is 0 Å². The quantitative estimate of drug-likeness (QED) is 0.691. The molecule has 28 heavy (non-hydrogen) atoms. The first kappa shape index (κ1) is 20.2. The minimum absolute atomic E-state index is 0.00841. The molecule has 1 aliphatic rings. The van der Waals surface area contributed by atoms with Crippen molar-refractivity contribution in [2.45, 2.75) is 19.1 Å². The highest BCUT2D eigenvalue weighted by Crippen LogP contribution is 2.31. The van der Waals surface area contributed by atoms with E-state index in [1.165, 1.54) is 0 Å². The Hall–Kier alpha value is -2.59. The van der Waals surface area contributed by atoms with Gasteiger partial charge in [-0.25, -0.2) is 4.98 Å². The average molecular weight is 397 g/mol. The van der Waals surface area contributed by atoms with Crippen LogP contribution in [0.3, 0.4) is 0 Å². The van der Waals surface area contributed by atoms with Crippen LogP contribution in [0.25, 0.3) is 0 Å². The van der Waals surface area contributed by atoms with Gasteiger partial charge in [-0.3, -0.25) is 0 Å². The zero-order chi connectivity index (χ0) is 20.1. The molecule has 1 fully saturated rings. The van der Waals surface area contributed by atoms with Crippen LogP contribution in [-0.4, -0.2) is 54.0 Å². The van der Waals surface area contributed by atoms with Crippen molar-refractivity contribution in [2.75, 3.05) is 48.4 Å². The number of aromatic nitrogens is 2. The van der Waals surface area contributed by atoms with Crippen molar-refractivity contribution in [2.24, 2.45) is 0 Å². The van der Waals surface area contributed by atoms with Gasteiger partial charge < -0.3 is 25.4 Å². The summed E-state index contributed by atoms with van der Waals surface area (Å²) >= 11 is 0. The fraction of sp³-hybridized carbons (Fsp3) is 0.444. The number of halogens is 3. The number of aliphatic hydroxyl groups is 1. The number of hydrogen-bond donors (Lipinski definition) is 3. The van der Waals surface area contributed by atoms with Crippen LogP contribution < -0.4 is 15.5 Å². The van der Waals surface area contributed by atoms with Crippen molar-refractivity contribution in [3.05, 3.63) is 36.0 Å². The summed E-state index contributed by atoms with van der Waals surface area (Å²) in [4.78, 5) is 9.74. The molecule has 7 nitrogen and oxygen atoms in total. The third kappa shape index (κ3) is 5.23. The number of nitrogens with one attached hydrogen (secondary N) is 2. The van der Waals surface area contributed by atoms with Gasteiger partial charge in [0.15, 0.2) is 5.69 Å². The smallest absolute Gasteiger partial charge is 0.394 e. The van der Waals surface area contributed by atoms with E-state index in [4.69, 9.17) is 9.84 Å². The molecule has 2 heterocycles. The Labute approximate surface area is 160 Å². The third-order valence-corrected chi connectivity index (χ3v) is 4.18. The molecule has 3 N–H and O–H groups in total. The van der Waals surface area contributed by atoms with E-state index in [2.05, 4.69) is 25.5 Å². The summed E-state index contributed by atoms with van der Waals surface area (Å²) in [5.74, 6) is -0.196. The maximum Gasteiger partial charge on any atom is 0.433 e. The molecule has 0 spiro atoms. The van der Waals surface area contributed by atoms with Gasteiger partial charge in [0.05, 0.1) is 19.8 Å². The molecule has 1 atom stereocenters. The Morgan fingerprint density at radius 2 is 1.86 bits per heavy atom. The Morgan fingerprint density at radius 1 is 1.18 bits per heavy atom. The van der Waals surface area contributed by atoms with E-state index in [1.54, 1.807) is 19.1 Å². The highest BCUT2D eigenvalue weighted by Gasteiger charge is 2.34. The van der Waals surface area contributed by atoms with E-state index in [-0.39, 0.29) is 18.4 Å². The van der Waals surface area contributed by atoms with Gasteiger partial charge in [0.25, 0.3) is 0 Å². The van der Waals surface area contributed by atoms with Gasteiger partial charge in [-0.1, -0.05) is 0 Å². The molecule has 1 saturated heterocycles. The van der Waals surface area contributed by atoms with Crippen LogP contribution in [0.1, 0.15) is 12.6 Å². The van der Waals surface area contributed by atoms with Gasteiger partial charge in [0.1, 0.15) is 5.82 Å². The maximum atomic E-state index is 13.2. The predicted molar refractivity (Wildman–Crippen MR) is 100.0 cm³/mol. The van der Waals surface area contributed by atoms with E-state index < -0.39 is 17.9 Å². The second-order valence-corrected chi connectivity index (χ2v) is 6.46. The summed E-state index contributed by atoms with van der Waals surface area (Å²) in [7, 11) is 0. The molecule has 0 aliphatic carbocycles. The summed E-state index contributed by atoms with van der Waals surface area (Å²) in [6.45, 7) is 4.29. The van der Waals surface area contributed by atoms with Crippen LogP contribution >= 0.6 is 0 Å². The summed E-state index contributed by atoms with van der Waals surface area (Å²) < 4.78 is 44.8. The Kier molecular flexibility index (Phi) is 6.20. The molecule has 152 valence electrons. The van der Waals surface area contributed by atoms with E-state index in [0.29, 0.717) is 18.9 Å². The average Bonchev–Trinajstić information content (AvgIpc) is 2.68. The summed E-state index contributed by atoms with van der Waals surface area (Å²) in [5.41, 5.74) is 0.555. The molecule has 0 amide bonds. The van der Waals surface area contributed by atoms with Gasteiger partial charge in [-0.15, -0.1) is 0 Å². The number of alkyl halides is 3. The van der Waals surface area contributed by atoms with Crippen molar-refractivity contribution >= 4 is 23.1 Å². The highest BCUT2D eigenvalue weighted by molar-refractivity contribution is 5.62. The molecule has 3 rings (SSSR count). The van der Waals surface area contributed by atoms with E-state index in [9.17, 15) is 13.2 Å². The minimum Gasteiger partial charge on any atom is -0.394 e. The molecule has 1 aromatic heterocycles. The molecule has 2 aromatic rings. The van der Waals surface area contributed by atoms with Crippen LogP contribution in [-0.2, 0) is 10.9 Å².